The van der Waals surface area contributed by atoms with Crippen LogP contribution in [0.25, 0.3) is 0 Å². The molecule has 1 heterocycles. The van der Waals surface area contributed by atoms with E-state index in [4.69, 9.17) is 12.2 Å². The van der Waals surface area contributed by atoms with Crippen LogP contribution >= 0.6 is 12.2 Å². The van der Waals surface area contributed by atoms with Gasteiger partial charge in [-0.05, 0) is 66.9 Å². The van der Waals surface area contributed by atoms with Crippen molar-refractivity contribution in [2.45, 2.75) is 37.5 Å². The lowest BCUT2D eigenvalue weighted by Crippen LogP contribution is -2.27. The van der Waals surface area contributed by atoms with Crippen molar-refractivity contribution in [3.8, 4) is 0 Å². The molecule has 0 atom stereocenters. The van der Waals surface area contributed by atoms with Gasteiger partial charge in [-0.15, -0.1) is 0 Å². The van der Waals surface area contributed by atoms with E-state index in [9.17, 15) is 8.42 Å². The fraction of sp³-hybridized carbons (Fsp3) is 0.350. The summed E-state index contributed by atoms with van der Waals surface area (Å²) in [6, 6.07) is 14.8. The molecule has 0 aliphatic carbocycles. The molecule has 2 aromatic carbocycles. The van der Waals surface area contributed by atoms with Gasteiger partial charge in [-0.25, -0.2) is 8.42 Å². The normalized spacial score (nSPS) is 15.1. The van der Waals surface area contributed by atoms with Crippen molar-refractivity contribution < 1.29 is 8.42 Å². The van der Waals surface area contributed by atoms with Crippen LogP contribution in [-0.2, 0) is 10.0 Å². The predicted molar refractivity (Wildman–Crippen MR) is 115 cm³/mol. The van der Waals surface area contributed by atoms with Crippen LogP contribution in [0.4, 0.5) is 11.4 Å². The molecule has 144 valence electrons. The maximum atomic E-state index is 12.6. The number of sulfonamides is 1. The Morgan fingerprint density at radius 2 is 1.63 bits per heavy atom. The minimum atomic E-state index is -3.39. The molecule has 0 amide bonds. The number of anilines is 2. The van der Waals surface area contributed by atoms with Crippen molar-refractivity contribution in [2.75, 3.05) is 23.7 Å². The van der Waals surface area contributed by atoms with Gasteiger partial charge in [0, 0.05) is 24.5 Å². The number of nitrogens with one attached hydrogen (secondary N) is 2. The fourth-order valence-corrected chi connectivity index (χ4v) is 4.93. The number of nitrogens with zero attached hydrogens (tertiary/aromatic N) is 1. The highest BCUT2D eigenvalue weighted by Crippen LogP contribution is 2.25. The van der Waals surface area contributed by atoms with E-state index in [2.05, 4.69) is 30.5 Å². The summed E-state index contributed by atoms with van der Waals surface area (Å²) >= 11 is 5.41. The summed E-state index contributed by atoms with van der Waals surface area (Å²) in [4.78, 5) is 0.319. The van der Waals surface area contributed by atoms with Gasteiger partial charge in [0.2, 0.25) is 10.0 Å². The number of hydrogen-bond acceptors (Lipinski definition) is 3. The minimum absolute atomic E-state index is 0.319. The predicted octanol–water partition coefficient (Wildman–Crippen LogP) is 4.40. The van der Waals surface area contributed by atoms with Crippen LogP contribution in [0.3, 0.4) is 0 Å². The molecule has 2 aromatic rings. The molecule has 1 aliphatic rings. The maximum absolute atomic E-state index is 12.6. The molecule has 7 heteroatoms. The second-order valence-electron chi connectivity index (χ2n) is 6.96. The first kappa shape index (κ1) is 19.8. The number of thiocarbonyl (C=S) groups is 1. The van der Waals surface area contributed by atoms with Crippen LogP contribution in [0, 0.1) is 0 Å². The lowest BCUT2D eigenvalue weighted by Gasteiger charge is -2.17. The second kappa shape index (κ2) is 8.37. The molecule has 0 unspecified atom stereocenters. The third kappa shape index (κ3) is 4.66. The third-order valence-electron chi connectivity index (χ3n) is 4.65. The Labute approximate surface area is 166 Å². The summed E-state index contributed by atoms with van der Waals surface area (Å²) in [6.07, 6.45) is 1.85. The Bertz CT molecular complexity index is 903. The van der Waals surface area contributed by atoms with Gasteiger partial charge >= 0.3 is 0 Å². The van der Waals surface area contributed by atoms with Gasteiger partial charge in [-0.3, -0.25) is 0 Å². The van der Waals surface area contributed by atoms with E-state index in [1.54, 1.807) is 28.6 Å². The highest BCUT2D eigenvalue weighted by atomic mass is 32.2. The number of para-hydroxylation sites is 1. The van der Waals surface area contributed by atoms with Gasteiger partial charge in [-0.1, -0.05) is 32.0 Å². The molecule has 1 fully saturated rings. The van der Waals surface area contributed by atoms with Crippen LogP contribution in [0.15, 0.2) is 53.4 Å². The van der Waals surface area contributed by atoms with Crippen molar-refractivity contribution in [2.24, 2.45) is 0 Å². The highest BCUT2D eigenvalue weighted by Gasteiger charge is 2.26. The van der Waals surface area contributed by atoms with Crippen molar-refractivity contribution in [3.05, 3.63) is 54.1 Å². The van der Waals surface area contributed by atoms with Crippen molar-refractivity contribution in [1.82, 2.24) is 4.31 Å². The summed E-state index contributed by atoms with van der Waals surface area (Å²) in [5.41, 5.74) is 2.90. The van der Waals surface area contributed by atoms with Crippen LogP contribution in [-0.4, -0.2) is 30.9 Å². The number of benzene rings is 2. The molecule has 5 nitrogen and oxygen atoms in total. The summed E-state index contributed by atoms with van der Waals surface area (Å²) in [5, 5.41) is 6.81. The van der Waals surface area contributed by atoms with E-state index >= 15 is 0 Å². The Hall–Kier alpha value is -1.96. The molecular weight excluding hydrogens is 378 g/mol. The van der Waals surface area contributed by atoms with Gasteiger partial charge in [0.1, 0.15) is 0 Å². The van der Waals surface area contributed by atoms with Crippen LogP contribution < -0.4 is 10.6 Å². The first-order valence-electron chi connectivity index (χ1n) is 9.15. The Morgan fingerprint density at radius 1 is 1.00 bits per heavy atom. The van der Waals surface area contributed by atoms with Crippen molar-refractivity contribution in [3.63, 3.8) is 0 Å². The largest absolute Gasteiger partial charge is 0.332 e. The van der Waals surface area contributed by atoms with Crippen LogP contribution in [0.5, 0.6) is 0 Å². The van der Waals surface area contributed by atoms with E-state index in [0.29, 0.717) is 29.0 Å². The lowest BCUT2D eigenvalue weighted by molar-refractivity contribution is 0.477. The van der Waals surface area contributed by atoms with Gasteiger partial charge in [-0.2, -0.15) is 4.31 Å². The van der Waals surface area contributed by atoms with E-state index in [1.165, 1.54) is 5.56 Å². The maximum Gasteiger partial charge on any atom is 0.243 e. The van der Waals surface area contributed by atoms with Crippen molar-refractivity contribution in [1.29, 1.82) is 0 Å². The number of rotatable bonds is 5. The molecule has 0 aromatic heterocycles. The monoisotopic (exact) mass is 403 g/mol. The Morgan fingerprint density at radius 3 is 2.26 bits per heavy atom. The molecule has 0 bridgehead atoms. The summed E-state index contributed by atoms with van der Waals surface area (Å²) in [6.45, 7) is 5.48. The molecule has 2 N–H and O–H groups in total. The Balaban J connectivity index is 1.67. The molecular formula is C20H25N3O2S2. The average molecular weight is 404 g/mol. The summed E-state index contributed by atoms with van der Waals surface area (Å²) < 4.78 is 26.7. The zero-order valence-electron chi connectivity index (χ0n) is 15.6. The molecule has 1 saturated heterocycles. The van der Waals surface area contributed by atoms with Gasteiger partial charge < -0.3 is 10.6 Å². The van der Waals surface area contributed by atoms with Gasteiger partial charge in [0.25, 0.3) is 0 Å². The summed E-state index contributed by atoms with van der Waals surface area (Å²) in [5.74, 6) is 0.381. The van der Waals surface area contributed by atoms with E-state index in [-0.39, 0.29) is 0 Å². The number of hydrogen-bond donors (Lipinski definition) is 2. The smallest absolute Gasteiger partial charge is 0.243 e. The van der Waals surface area contributed by atoms with Gasteiger partial charge in [0.15, 0.2) is 5.11 Å². The quantitative estimate of drug-likeness (QED) is 0.725. The second-order valence-corrected chi connectivity index (χ2v) is 9.30. The van der Waals surface area contributed by atoms with Gasteiger partial charge in [0.05, 0.1) is 4.90 Å². The highest BCUT2D eigenvalue weighted by molar-refractivity contribution is 7.89. The molecule has 0 saturated carbocycles. The molecule has 3 rings (SSSR count). The van der Waals surface area contributed by atoms with E-state index in [1.807, 2.05) is 18.2 Å². The average Bonchev–Trinajstić information content (AvgIpc) is 3.18. The van der Waals surface area contributed by atoms with Crippen LogP contribution in [0.1, 0.15) is 38.2 Å². The SMILES string of the molecule is CC(C)c1ccccc1NC(=S)Nc1ccc(S(=O)(=O)N2CCCC2)cc1. The first-order chi connectivity index (χ1) is 12.9. The van der Waals surface area contributed by atoms with Crippen LogP contribution in [0.2, 0.25) is 0 Å². The molecule has 0 radical (unpaired) electrons. The zero-order chi connectivity index (χ0) is 19.4. The van der Waals surface area contributed by atoms with E-state index in [0.717, 1.165) is 24.2 Å². The standard InChI is InChI=1S/C20H25N3O2S2/c1-15(2)18-7-3-4-8-19(18)22-20(26)21-16-9-11-17(12-10-16)27(24,25)23-13-5-6-14-23/h3-4,7-12,15H,5-6,13-14H2,1-2H3,(H2,21,22,26). The summed E-state index contributed by atoms with van der Waals surface area (Å²) in [7, 11) is -3.39. The third-order valence-corrected chi connectivity index (χ3v) is 6.76. The lowest BCUT2D eigenvalue weighted by atomic mass is 10.0. The topological polar surface area (TPSA) is 61.4 Å². The minimum Gasteiger partial charge on any atom is -0.332 e. The zero-order valence-corrected chi connectivity index (χ0v) is 17.2. The Kier molecular flexibility index (Phi) is 6.14. The van der Waals surface area contributed by atoms with Crippen molar-refractivity contribution >= 4 is 38.7 Å². The fourth-order valence-electron chi connectivity index (χ4n) is 3.19. The van der Waals surface area contributed by atoms with E-state index < -0.39 is 10.0 Å². The molecule has 27 heavy (non-hydrogen) atoms. The first-order valence-corrected chi connectivity index (χ1v) is 11.0. The molecule has 0 spiro atoms. The molecule has 1 aliphatic heterocycles.